The molecule has 5 aliphatic rings. The second-order valence-corrected chi connectivity index (χ2v) is 18.3. The molecular weight excluding hydrogens is 596 g/mol. The first-order valence-electron chi connectivity index (χ1n) is 18.8. The van der Waals surface area contributed by atoms with E-state index in [-0.39, 0.29) is 33.4 Å². The standard InChI is InChI=1S/C42H62N2O4/c1-26(2)35-31(45)24-42(34(46)25-43-22-23-44(8)9)21-20-40(6)30(36(35)42)14-15-33-39(5)18-16-29(27-10-12-28(13-11-27)37(47)48)38(3,4)32(39)17-19-41(33,40)7/h10-13,16,26,30,32-34,43,46H,14-15,17-25H2,1-9H3,(H,47,48)/t30-,32+,33-,34+,39+,40-,41-,42+/m1/s1. The Hall–Kier alpha value is -2.28. The van der Waals surface area contributed by atoms with Gasteiger partial charge in [-0.25, -0.2) is 4.79 Å². The molecule has 3 N–H and O–H groups in total. The van der Waals surface area contributed by atoms with Crippen LogP contribution < -0.4 is 5.32 Å². The van der Waals surface area contributed by atoms with Crippen molar-refractivity contribution in [1.82, 2.24) is 10.2 Å². The molecule has 0 aromatic heterocycles. The molecule has 6 heteroatoms. The molecule has 0 radical (unpaired) electrons. The first kappa shape index (κ1) is 35.5. The molecule has 6 rings (SSSR count). The highest BCUT2D eigenvalue weighted by Gasteiger charge is 2.70. The lowest BCUT2D eigenvalue weighted by Crippen LogP contribution is -2.64. The summed E-state index contributed by atoms with van der Waals surface area (Å²) in [6.45, 7) is 19.3. The fourth-order valence-electron chi connectivity index (χ4n) is 12.7. The molecule has 48 heavy (non-hydrogen) atoms. The lowest BCUT2D eigenvalue weighted by Gasteiger charge is -2.71. The van der Waals surface area contributed by atoms with Crippen LogP contribution in [-0.4, -0.2) is 66.7 Å². The average Bonchev–Trinajstić information content (AvgIpc) is 3.32. The van der Waals surface area contributed by atoms with Crippen LogP contribution in [0, 0.1) is 50.7 Å². The number of carbonyl (C=O) groups is 2. The van der Waals surface area contributed by atoms with Crippen molar-refractivity contribution >= 4 is 17.3 Å². The van der Waals surface area contributed by atoms with Gasteiger partial charge in [-0.05, 0) is 133 Å². The maximum absolute atomic E-state index is 13.9. The zero-order valence-electron chi connectivity index (χ0n) is 31.2. The number of benzene rings is 1. The van der Waals surface area contributed by atoms with Crippen LogP contribution in [0.25, 0.3) is 5.57 Å². The van der Waals surface area contributed by atoms with Crippen molar-refractivity contribution in [2.24, 2.45) is 50.7 Å². The van der Waals surface area contributed by atoms with Crippen LogP contribution in [0.5, 0.6) is 0 Å². The SMILES string of the molecule is CC(C)C1=C2[C@H]3CC[C@@H]4[C@@]5(C)CC=C(c6ccc(C(=O)O)cc6)C(C)(C)[C@@H]5CC[C@@]4(C)[C@]3(C)CC[C@@]2([C@@H](O)CNCCN(C)C)CC1=O. The Balaban J connectivity index is 1.34. The number of Topliss-reactive ketones (excluding diaryl/α,β-unsaturated/α-hetero) is 1. The largest absolute Gasteiger partial charge is 0.478 e. The van der Waals surface area contributed by atoms with Crippen LogP contribution in [0.3, 0.4) is 0 Å². The summed E-state index contributed by atoms with van der Waals surface area (Å²) in [5, 5.41) is 25.0. The van der Waals surface area contributed by atoms with Gasteiger partial charge in [-0.3, -0.25) is 4.79 Å². The van der Waals surface area contributed by atoms with Crippen molar-refractivity contribution in [2.75, 3.05) is 33.7 Å². The van der Waals surface area contributed by atoms with Crippen molar-refractivity contribution < 1.29 is 19.8 Å². The van der Waals surface area contributed by atoms with Crippen molar-refractivity contribution in [3.05, 3.63) is 52.6 Å². The van der Waals surface area contributed by atoms with E-state index in [1.807, 2.05) is 12.1 Å². The molecule has 5 aliphatic carbocycles. The van der Waals surface area contributed by atoms with Crippen LogP contribution in [0.2, 0.25) is 0 Å². The highest BCUT2D eigenvalue weighted by molar-refractivity contribution is 6.00. The number of carboxylic acid groups (broad SMARTS) is 1. The number of hydrogen-bond donors (Lipinski definition) is 3. The topological polar surface area (TPSA) is 89.9 Å². The molecular formula is C42H62N2O4. The molecule has 1 aromatic carbocycles. The summed E-state index contributed by atoms with van der Waals surface area (Å²) >= 11 is 0. The molecule has 3 fully saturated rings. The Morgan fingerprint density at radius 3 is 2.27 bits per heavy atom. The average molecular weight is 659 g/mol. The molecule has 8 atom stereocenters. The summed E-state index contributed by atoms with van der Waals surface area (Å²) in [7, 11) is 4.14. The van der Waals surface area contributed by atoms with Gasteiger partial charge in [0.2, 0.25) is 0 Å². The fraction of sp³-hybridized carbons (Fsp3) is 0.714. The van der Waals surface area contributed by atoms with E-state index in [0.29, 0.717) is 36.3 Å². The normalized spacial score (nSPS) is 37.9. The van der Waals surface area contributed by atoms with Gasteiger partial charge in [0.05, 0.1) is 11.7 Å². The Labute approximate surface area is 289 Å². The number of nitrogens with zero attached hydrogens (tertiary/aromatic N) is 1. The zero-order chi connectivity index (χ0) is 35.0. The number of rotatable bonds is 9. The number of hydrogen-bond acceptors (Lipinski definition) is 5. The van der Waals surface area contributed by atoms with E-state index in [4.69, 9.17) is 0 Å². The van der Waals surface area contributed by atoms with Crippen molar-refractivity contribution in [3.8, 4) is 0 Å². The Bertz CT molecular complexity index is 1510. The second-order valence-electron chi connectivity index (χ2n) is 18.3. The first-order chi connectivity index (χ1) is 22.4. The smallest absolute Gasteiger partial charge is 0.335 e. The third-order valence-corrected chi connectivity index (χ3v) is 15.2. The van der Waals surface area contributed by atoms with Crippen molar-refractivity contribution in [3.63, 3.8) is 0 Å². The number of likely N-dealkylation sites (N-methyl/N-ethyl adjacent to an activating group) is 1. The predicted molar refractivity (Wildman–Crippen MR) is 194 cm³/mol. The Kier molecular flexibility index (Phi) is 9.03. The summed E-state index contributed by atoms with van der Waals surface area (Å²) in [6.07, 6.45) is 9.98. The molecule has 0 unspecified atom stereocenters. The Morgan fingerprint density at radius 2 is 1.65 bits per heavy atom. The highest BCUT2D eigenvalue weighted by Crippen LogP contribution is 2.77. The molecule has 0 heterocycles. The number of nitrogens with one attached hydrogen (secondary N) is 1. The number of carboxylic acids is 1. The zero-order valence-corrected chi connectivity index (χ0v) is 31.2. The number of aliphatic hydroxyl groups excluding tert-OH is 1. The summed E-state index contributed by atoms with van der Waals surface area (Å²) < 4.78 is 0. The van der Waals surface area contributed by atoms with Crippen LogP contribution in [0.1, 0.15) is 116 Å². The third kappa shape index (κ3) is 5.13. The molecule has 0 bridgehead atoms. The summed E-state index contributed by atoms with van der Waals surface area (Å²) in [6, 6.07) is 7.50. The lowest BCUT2D eigenvalue weighted by atomic mass is 9.33. The van der Waals surface area contributed by atoms with Gasteiger partial charge in [0.15, 0.2) is 5.78 Å². The summed E-state index contributed by atoms with van der Waals surface area (Å²) in [4.78, 5) is 27.6. The van der Waals surface area contributed by atoms with Gasteiger partial charge in [-0.15, -0.1) is 0 Å². The van der Waals surface area contributed by atoms with Gasteiger partial charge < -0.3 is 20.4 Å². The molecule has 0 spiro atoms. The van der Waals surface area contributed by atoms with Gasteiger partial charge in [0, 0.05) is 31.5 Å². The third-order valence-electron chi connectivity index (χ3n) is 15.2. The minimum atomic E-state index is -0.883. The minimum absolute atomic E-state index is 0.0343. The molecule has 6 nitrogen and oxygen atoms in total. The van der Waals surface area contributed by atoms with Gasteiger partial charge >= 0.3 is 5.97 Å². The van der Waals surface area contributed by atoms with Crippen molar-refractivity contribution in [2.45, 2.75) is 106 Å². The number of aliphatic hydroxyl groups is 1. The number of aromatic carboxylic acids is 1. The van der Waals surface area contributed by atoms with E-state index < -0.39 is 17.5 Å². The van der Waals surface area contributed by atoms with E-state index in [2.05, 4.69) is 78.9 Å². The van der Waals surface area contributed by atoms with Gasteiger partial charge in [-0.1, -0.05) is 72.2 Å². The molecule has 264 valence electrons. The molecule has 3 saturated carbocycles. The summed E-state index contributed by atoms with van der Waals surface area (Å²) in [5.41, 5.74) is 5.09. The quantitative estimate of drug-likeness (QED) is 0.234. The van der Waals surface area contributed by atoms with Gasteiger partial charge in [-0.2, -0.15) is 0 Å². The number of allylic oxidation sites excluding steroid dienone is 3. The number of fused-ring (bicyclic) bond motifs is 7. The highest BCUT2D eigenvalue weighted by atomic mass is 16.4. The molecule has 0 saturated heterocycles. The monoisotopic (exact) mass is 658 g/mol. The van der Waals surface area contributed by atoms with Crippen LogP contribution >= 0.6 is 0 Å². The van der Waals surface area contributed by atoms with Gasteiger partial charge in [0.1, 0.15) is 0 Å². The van der Waals surface area contributed by atoms with E-state index in [9.17, 15) is 19.8 Å². The van der Waals surface area contributed by atoms with Crippen LogP contribution in [-0.2, 0) is 4.79 Å². The number of carbonyl (C=O) groups excluding carboxylic acids is 1. The Morgan fingerprint density at radius 1 is 0.958 bits per heavy atom. The predicted octanol–water partition coefficient (Wildman–Crippen LogP) is 7.87. The van der Waals surface area contributed by atoms with Gasteiger partial charge in [0.25, 0.3) is 0 Å². The van der Waals surface area contributed by atoms with E-state index in [1.165, 1.54) is 24.0 Å². The van der Waals surface area contributed by atoms with E-state index in [1.54, 1.807) is 12.1 Å². The molecule has 0 amide bonds. The fourth-order valence-corrected chi connectivity index (χ4v) is 12.7. The molecule has 1 aromatic rings. The maximum Gasteiger partial charge on any atom is 0.335 e. The molecule has 0 aliphatic heterocycles. The van der Waals surface area contributed by atoms with E-state index in [0.717, 1.165) is 56.3 Å². The van der Waals surface area contributed by atoms with Crippen LogP contribution in [0.4, 0.5) is 0 Å². The van der Waals surface area contributed by atoms with Crippen LogP contribution in [0.15, 0.2) is 41.5 Å². The second kappa shape index (κ2) is 12.2. The maximum atomic E-state index is 13.9. The number of ketones is 1. The van der Waals surface area contributed by atoms with E-state index >= 15 is 0 Å². The van der Waals surface area contributed by atoms with Crippen molar-refractivity contribution in [1.29, 1.82) is 0 Å². The summed E-state index contributed by atoms with van der Waals surface area (Å²) in [5.74, 6) is 0.981. The minimum Gasteiger partial charge on any atom is -0.478 e. The lowest BCUT2D eigenvalue weighted by molar-refractivity contribution is -0.200. The first-order valence-corrected chi connectivity index (χ1v) is 18.8.